The molecule has 0 atom stereocenters. The summed E-state index contributed by atoms with van der Waals surface area (Å²) < 4.78 is 5.47. The molecule has 0 spiro atoms. The predicted molar refractivity (Wildman–Crippen MR) is 91.8 cm³/mol. The van der Waals surface area contributed by atoms with Crippen LogP contribution in [0.15, 0.2) is 42.6 Å². The number of benzene rings is 1. The quantitative estimate of drug-likeness (QED) is 0.890. The van der Waals surface area contributed by atoms with Crippen LogP contribution in [-0.2, 0) is 6.54 Å². The third-order valence-electron chi connectivity index (χ3n) is 3.04. The molecule has 0 saturated heterocycles. The Morgan fingerprint density at radius 3 is 2.65 bits per heavy atom. The molecule has 2 rings (SSSR count). The molecule has 2 aromatic rings. The predicted octanol–water partition coefficient (Wildman–Crippen LogP) is 3.18. The van der Waals surface area contributed by atoms with Gasteiger partial charge in [-0.05, 0) is 51.7 Å². The van der Waals surface area contributed by atoms with E-state index in [9.17, 15) is 4.79 Å². The summed E-state index contributed by atoms with van der Waals surface area (Å²) in [6, 6.07) is 11.2. The number of nitrogens with one attached hydrogen (secondary N) is 1. The van der Waals surface area contributed by atoms with Crippen molar-refractivity contribution in [2.24, 2.45) is 0 Å². The SMILES string of the molecule is CC(C)Oc1ccc(C(=O)Nc2cccc(CN(C)C)c2)cn1. The van der Waals surface area contributed by atoms with E-state index < -0.39 is 0 Å². The molecule has 0 bridgehead atoms. The lowest BCUT2D eigenvalue weighted by Gasteiger charge is -2.12. The first-order valence-electron chi connectivity index (χ1n) is 7.62. The third kappa shape index (κ3) is 5.38. The smallest absolute Gasteiger partial charge is 0.257 e. The first kappa shape index (κ1) is 17.0. The molecular weight excluding hydrogens is 290 g/mol. The zero-order valence-corrected chi connectivity index (χ0v) is 14.0. The zero-order valence-electron chi connectivity index (χ0n) is 14.0. The number of pyridine rings is 1. The van der Waals surface area contributed by atoms with E-state index in [1.165, 1.54) is 6.20 Å². The summed E-state index contributed by atoms with van der Waals surface area (Å²) in [7, 11) is 4.02. The molecule has 5 nitrogen and oxygen atoms in total. The summed E-state index contributed by atoms with van der Waals surface area (Å²) in [4.78, 5) is 18.5. The maximum absolute atomic E-state index is 12.3. The van der Waals surface area contributed by atoms with Gasteiger partial charge in [0.05, 0.1) is 11.7 Å². The van der Waals surface area contributed by atoms with Gasteiger partial charge in [-0.2, -0.15) is 0 Å². The minimum Gasteiger partial charge on any atom is -0.475 e. The molecular formula is C18H23N3O2. The van der Waals surface area contributed by atoms with Crippen LogP contribution in [0.1, 0.15) is 29.8 Å². The fraction of sp³-hybridized carbons (Fsp3) is 0.333. The largest absolute Gasteiger partial charge is 0.475 e. The standard InChI is InChI=1S/C18H23N3O2/c1-13(2)23-17-9-8-15(11-19-17)18(22)20-16-7-5-6-14(10-16)12-21(3)4/h5-11,13H,12H2,1-4H3,(H,20,22). The van der Waals surface area contributed by atoms with Gasteiger partial charge in [0.25, 0.3) is 5.91 Å². The van der Waals surface area contributed by atoms with Gasteiger partial charge in [0.15, 0.2) is 0 Å². The first-order valence-corrected chi connectivity index (χ1v) is 7.62. The summed E-state index contributed by atoms with van der Waals surface area (Å²) in [5.41, 5.74) is 2.42. The molecule has 23 heavy (non-hydrogen) atoms. The molecule has 122 valence electrons. The fourth-order valence-electron chi connectivity index (χ4n) is 2.14. The molecule has 1 heterocycles. The number of carbonyl (C=O) groups is 1. The van der Waals surface area contributed by atoms with E-state index in [-0.39, 0.29) is 12.0 Å². The lowest BCUT2D eigenvalue weighted by atomic mass is 10.2. The molecule has 0 aliphatic heterocycles. The van der Waals surface area contributed by atoms with Crippen LogP contribution >= 0.6 is 0 Å². The van der Waals surface area contributed by atoms with Gasteiger partial charge in [0.1, 0.15) is 0 Å². The van der Waals surface area contributed by atoms with E-state index in [2.05, 4.69) is 15.2 Å². The molecule has 0 radical (unpaired) electrons. The van der Waals surface area contributed by atoms with Crippen LogP contribution in [0.3, 0.4) is 0 Å². The molecule has 0 fully saturated rings. The highest BCUT2D eigenvalue weighted by molar-refractivity contribution is 6.04. The van der Waals surface area contributed by atoms with E-state index >= 15 is 0 Å². The highest BCUT2D eigenvalue weighted by Crippen LogP contribution is 2.14. The number of nitrogens with zero attached hydrogens (tertiary/aromatic N) is 2. The van der Waals surface area contributed by atoms with Crippen LogP contribution in [0, 0.1) is 0 Å². The van der Waals surface area contributed by atoms with E-state index in [0.717, 1.165) is 17.8 Å². The first-order chi connectivity index (χ1) is 10.9. The van der Waals surface area contributed by atoms with Crippen molar-refractivity contribution in [2.45, 2.75) is 26.5 Å². The highest BCUT2D eigenvalue weighted by Gasteiger charge is 2.08. The van der Waals surface area contributed by atoms with Gasteiger partial charge in [0, 0.05) is 24.5 Å². The Morgan fingerprint density at radius 1 is 1.26 bits per heavy atom. The van der Waals surface area contributed by atoms with Gasteiger partial charge in [-0.25, -0.2) is 4.98 Å². The molecule has 1 aromatic carbocycles. The van der Waals surface area contributed by atoms with Gasteiger partial charge >= 0.3 is 0 Å². The van der Waals surface area contributed by atoms with E-state index in [1.807, 2.05) is 52.2 Å². The van der Waals surface area contributed by atoms with Crippen molar-refractivity contribution in [3.05, 3.63) is 53.7 Å². The molecule has 1 N–H and O–H groups in total. The van der Waals surface area contributed by atoms with E-state index in [4.69, 9.17) is 4.74 Å². The van der Waals surface area contributed by atoms with Gasteiger partial charge in [-0.15, -0.1) is 0 Å². The molecule has 0 aliphatic carbocycles. The Morgan fingerprint density at radius 2 is 2.04 bits per heavy atom. The van der Waals surface area contributed by atoms with Crippen LogP contribution in [0.25, 0.3) is 0 Å². The van der Waals surface area contributed by atoms with Crippen LogP contribution in [0.2, 0.25) is 0 Å². The normalized spacial score (nSPS) is 10.9. The maximum atomic E-state index is 12.3. The van der Waals surface area contributed by atoms with Crippen molar-refractivity contribution >= 4 is 11.6 Å². The van der Waals surface area contributed by atoms with Crippen LogP contribution < -0.4 is 10.1 Å². The number of hydrogen-bond acceptors (Lipinski definition) is 4. The van der Waals surface area contributed by atoms with Crippen LogP contribution in [0.4, 0.5) is 5.69 Å². The van der Waals surface area contributed by atoms with Crippen LogP contribution in [0.5, 0.6) is 5.88 Å². The number of ether oxygens (including phenoxy) is 1. The number of hydrogen-bond donors (Lipinski definition) is 1. The molecule has 5 heteroatoms. The van der Waals surface area contributed by atoms with Gasteiger partial charge in [-0.1, -0.05) is 12.1 Å². The maximum Gasteiger partial charge on any atom is 0.257 e. The van der Waals surface area contributed by atoms with Gasteiger partial charge in [-0.3, -0.25) is 4.79 Å². The number of aromatic nitrogens is 1. The second-order valence-electron chi connectivity index (χ2n) is 5.94. The van der Waals surface area contributed by atoms with Crippen molar-refractivity contribution in [3.8, 4) is 5.88 Å². The summed E-state index contributed by atoms with van der Waals surface area (Å²) >= 11 is 0. The Bertz CT molecular complexity index is 652. The van der Waals surface area contributed by atoms with Crippen molar-refractivity contribution in [1.82, 2.24) is 9.88 Å². The summed E-state index contributed by atoms with van der Waals surface area (Å²) in [5, 5.41) is 2.89. The number of carbonyl (C=O) groups excluding carboxylic acids is 1. The van der Waals surface area contributed by atoms with E-state index in [0.29, 0.717) is 11.4 Å². The minimum atomic E-state index is -0.185. The van der Waals surface area contributed by atoms with E-state index in [1.54, 1.807) is 12.1 Å². The molecule has 1 amide bonds. The van der Waals surface area contributed by atoms with Crippen molar-refractivity contribution in [3.63, 3.8) is 0 Å². The highest BCUT2D eigenvalue weighted by atomic mass is 16.5. The molecule has 1 aromatic heterocycles. The number of anilines is 1. The number of rotatable bonds is 6. The summed E-state index contributed by atoms with van der Waals surface area (Å²) in [6.07, 6.45) is 1.58. The second-order valence-corrected chi connectivity index (χ2v) is 5.94. The van der Waals surface area contributed by atoms with Gasteiger partial charge < -0.3 is 15.0 Å². The zero-order chi connectivity index (χ0) is 16.8. The fourth-order valence-corrected chi connectivity index (χ4v) is 2.14. The molecule has 0 saturated carbocycles. The lowest BCUT2D eigenvalue weighted by molar-refractivity contribution is 0.102. The van der Waals surface area contributed by atoms with Gasteiger partial charge in [0.2, 0.25) is 5.88 Å². The van der Waals surface area contributed by atoms with Crippen molar-refractivity contribution < 1.29 is 9.53 Å². The Balaban J connectivity index is 2.04. The van der Waals surface area contributed by atoms with Crippen LogP contribution in [-0.4, -0.2) is 36.0 Å². The minimum absolute atomic E-state index is 0.0570. The second kappa shape index (κ2) is 7.74. The average molecular weight is 313 g/mol. The third-order valence-corrected chi connectivity index (χ3v) is 3.04. The Hall–Kier alpha value is -2.40. The monoisotopic (exact) mass is 313 g/mol. The Labute approximate surface area is 137 Å². The average Bonchev–Trinajstić information content (AvgIpc) is 2.47. The van der Waals surface area contributed by atoms with Crippen molar-refractivity contribution in [2.75, 3.05) is 19.4 Å². The molecule has 0 unspecified atom stereocenters. The summed E-state index contributed by atoms with van der Waals surface area (Å²) in [5.74, 6) is 0.333. The van der Waals surface area contributed by atoms with Crippen molar-refractivity contribution in [1.29, 1.82) is 0 Å². The number of amides is 1. The topological polar surface area (TPSA) is 54.5 Å². The molecule has 0 aliphatic rings. The lowest BCUT2D eigenvalue weighted by Crippen LogP contribution is -2.14. The Kier molecular flexibility index (Phi) is 5.71. The summed E-state index contributed by atoms with van der Waals surface area (Å²) in [6.45, 7) is 4.69.